The summed E-state index contributed by atoms with van der Waals surface area (Å²) in [6, 6.07) is -0.208. The first-order valence-corrected chi connectivity index (χ1v) is 7.50. The van der Waals surface area contributed by atoms with Gasteiger partial charge in [0, 0.05) is 25.3 Å². The molecule has 1 saturated heterocycles. The summed E-state index contributed by atoms with van der Waals surface area (Å²) in [6.07, 6.45) is 2.29. The van der Waals surface area contributed by atoms with Gasteiger partial charge in [0.2, 0.25) is 5.91 Å². The molecule has 1 aliphatic rings. The van der Waals surface area contributed by atoms with Crippen molar-refractivity contribution >= 4 is 5.91 Å². The molecule has 1 fully saturated rings. The summed E-state index contributed by atoms with van der Waals surface area (Å²) >= 11 is 0. The van der Waals surface area contributed by atoms with Crippen LogP contribution in [0.2, 0.25) is 0 Å². The number of carbonyl (C=O) groups excluding carboxylic acids is 1. The van der Waals surface area contributed by atoms with Crippen molar-refractivity contribution in [2.24, 2.45) is 0 Å². The van der Waals surface area contributed by atoms with E-state index in [0.717, 1.165) is 36.5 Å². The van der Waals surface area contributed by atoms with Gasteiger partial charge in [0.05, 0.1) is 17.8 Å². The van der Waals surface area contributed by atoms with Gasteiger partial charge in [0.1, 0.15) is 5.76 Å². The van der Waals surface area contributed by atoms with Gasteiger partial charge in [0.25, 0.3) is 0 Å². The van der Waals surface area contributed by atoms with Gasteiger partial charge in [-0.25, -0.2) is 0 Å². The number of aromatic nitrogens is 1. The lowest BCUT2D eigenvalue weighted by atomic mass is 10.1. The number of amides is 1. The van der Waals surface area contributed by atoms with Gasteiger partial charge in [-0.1, -0.05) is 5.16 Å². The Balaban J connectivity index is 1.83. The van der Waals surface area contributed by atoms with Gasteiger partial charge >= 0.3 is 0 Å². The highest BCUT2D eigenvalue weighted by atomic mass is 16.5. The molecule has 0 bridgehead atoms. The van der Waals surface area contributed by atoms with E-state index in [9.17, 15) is 4.79 Å². The molecule has 1 N–H and O–H groups in total. The molecule has 2 rings (SSSR count). The molecule has 0 aliphatic carbocycles. The SMILES string of the molecule is Cc1noc(C)c1CN(C)C(C)C(=O)NCC1CCCO1. The number of hydrogen-bond acceptors (Lipinski definition) is 5. The average molecular weight is 295 g/mol. The molecule has 0 saturated carbocycles. The van der Waals surface area contributed by atoms with Gasteiger partial charge in [0.15, 0.2) is 0 Å². The van der Waals surface area contributed by atoms with E-state index in [1.54, 1.807) is 0 Å². The lowest BCUT2D eigenvalue weighted by molar-refractivity contribution is -0.126. The van der Waals surface area contributed by atoms with E-state index in [-0.39, 0.29) is 18.1 Å². The summed E-state index contributed by atoms with van der Waals surface area (Å²) in [7, 11) is 1.93. The maximum Gasteiger partial charge on any atom is 0.237 e. The summed E-state index contributed by atoms with van der Waals surface area (Å²) in [5, 5.41) is 6.91. The second-order valence-corrected chi connectivity index (χ2v) is 5.77. The van der Waals surface area contributed by atoms with Gasteiger partial charge in [-0.05, 0) is 40.7 Å². The first-order chi connectivity index (χ1) is 9.99. The van der Waals surface area contributed by atoms with Crippen molar-refractivity contribution < 1.29 is 14.1 Å². The fraction of sp³-hybridized carbons (Fsp3) is 0.733. The molecule has 2 heterocycles. The largest absolute Gasteiger partial charge is 0.376 e. The van der Waals surface area contributed by atoms with E-state index in [4.69, 9.17) is 9.26 Å². The van der Waals surface area contributed by atoms with E-state index in [1.807, 2.05) is 32.7 Å². The molecule has 6 heteroatoms. The van der Waals surface area contributed by atoms with Gasteiger partial charge < -0.3 is 14.6 Å². The van der Waals surface area contributed by atoms with Crippen LogP contribution in [0.15, 0.2) is 4.52 Å². The van der Waals surface area contributed by atoms with E-state index in [2.05, 4.69) is 10.5 Å². The monoisotopic (exact) mass is 295 g/mol. The zero-order chi connectivity index (χ0) is 15.4. The first kappa shape index (κ1) is 16.0. The van der Waals surface area contributed by atoms with E-state index >= 15 is 0 Å². The molecular formula is C15H25N3O3. The number of ether oxygens (including phenoxy) is 1. The Labute approximate surface area is 125 Å². The highest BCUT2D eigenvalue weighted by molar-refractivity contribution is 5.81. The van der Waals surface area contributed by atoms with Crippen LogP contribution in [0.1, 0.15) is 36.8 Å². The second kappa shape index (κ2) is 7.04. The normalized spacial score (nSPS) is 20.0. The zero-order valence-corrected chi connectivity index (χ0v) is 13.3. The number of rotatable bonds is 6. The maximum absolute atomic E-state index is 12.2. The van der Waals surface area contributed by atoms with Crippen LogP contribution in [0.4, 0.5) is 0 Å². The predicted molar refractivity (Wildman–Crippen MR) is 78.9 cm³/mol. The molecular weight excluding hydrogens is 270 g/mol. The Bertz CT molecular complexity index is 461. The minimum atomic E-state index is -0.208. The molecule has 21 heavy (non-hydrogen) atoms. The minimum absolute atomic E-state index is 0.0276. The van der Waals surface area contributed by atoms with Crippen molar-refractivity contribution in [3.8, 4) is 0 Å². The lowest BCUT2D eigenvalue weighted by Gasteiger charge is -2.24. The fourth-order valence-corrected chi connectivity index (χ4v) is 2.48. The van der Waals surface area contributed by atoms with Crippen LogP contribution in [0.3, 0.4) is 0 Å². The minimum Gasteiger partial charge on any atom is -0.376 e. The van der Waals surface area contributed by atoms with Crippen LogP contribution < -0.4 is 5.32 Å². The van der Waals surface area contributed by atoms with Crippen molar-refractivity contribution in [3.05, 3.63) is 17.0 Å². The average Bonchev–Trinajstić information content (AvgIpc) is 3.09. The smallest absolute Gasteiger partial charge is 0.237 e. The number of likely N-dealkylation sites (N-methyl/N-ethyl adjacent to an activating group) is 1. The number of hydrogen-bond donors (Lipinski definition) is 1. The summed E-state index contributed by atoms with van der Waals surface area (Å²) in [5.74, 6) is 0.839. The van der Waals surface area contributed by atoms with Crippen molar-refractivity contribution in [1.29, 1.82) is 0 Å². The third-order valence-electron chi connectivity index (χ3n) is 4.16. The lowest BCUT2D eigenvalue weighted by Crippen LogP contribution is -2.45. The Hall–Kier alpha value is -1.40. The molecule has 1 aromatic heterocycles. The van der Waals surface area contributed by atoms with E-state index < -0.39 is 0 Å². The molecule has 6 nitrogen and oxygen atoms in total. The maximum atomic E-state index is 12.2. The molecule has 1 amide bonds. The van der Waals surface area contributed by atoms with Crippen LogP contribution >= 0.6 is 0 Å². The number of nitrogens with one attached hydrogen (secondary N) is 1. The number of carbonyl (C=O) groups is 1. The van der Waals surface area contributed by atoms with Crippen molar-refractivity contribution in [2.75, 3.05) is 20.2 Å². The predicted octanol–water partition coefficient (Wildman–Crippen LogP) is 1.41. The van der Waals surface area contributed by atoms with E-state index in [1.165, 1.54) is 0 Å². The summed E-state index contributed by atoms with van der Waals surface area (Å²) < 4.78 is 10.7. The van der Waals surface area contributed by atoms with Gasteiger partial charge in [-0.15, -0.1) is 0 Å². The van der Waals surface area contributed by atoms with Crippen LogP contribution in [0, 0.1) is 13.8 Å². The fourth-order valence-electron chi connectivity index (χ4n) is 2.48. The van der Waals surface area contributed by atoms with Crippen molar-refractivity contribution in [2.45, 2.75) is 52.3 Å². The summed E-state index contributed by atoms with van der Waals surface area (Å²) in [6.45, 7) is 7.77. The molecule has 0 spiro atoms. The van der Waals surface area contributed by atoms with Crippen LogP contribution in [0.25, 0.3) is 0 Å². The van der Waals surface area contributed by atoms with Crippen molar-refractivity contribution in [3.63, 3.8) is 0 Å². The summed E-state index contributed by atoms with van der Waals surface area (Å²) in [4.78, 5) is 14.2. The first-order valence-electron chi connectivity index (χ1n) is 7.50. The molecule has 1 aliphatic heterocycles. The Morgan fingerprint density at radius 2 is 2.29 bits per heavy atom. The van der Waals surface area contributed by atoms with E-state index in [0.29, 0.717) is 13.1 Å². The summed E-state index contributed by atoms with van der Waals surface area (Å²) in [5.41, 5.74) is 1.93. The third-order valence-corrected chi connectivity index (χ3v) is 4.16. The Morgan fingerprint density at radius 1 is 1.52 bits per heavy atom. The molecule has 1 aromatic rings. The third kappa shape index (κ3) is 4.04. The highest BCUT2D eigenvalue weighted by Crippen LogP contribution is 2.15. The van der Waals surface area contributed by atoms with Crippen LogP contribution in [-0.4, -0.2) is 48.3 Å². The molecule has 2 atom stereocenters. The quantitative estimate of drug-likeness (QED) is 0.859. The van der Waals surface area contributed by atoms with Gasteiger partial charge in [-0.3, -0.25) is 9.69 Å². The zero-order valence-electron chi connectivity index (χ0n) is 13.3. The van der Waals surface area contributed by atoms with Gasteiger partial charge in [-0.2, -0.15) is 0 Å². The van der Waals surface area contributed by atoms with Crippen molar-refractivity contribution in [1.82, 2.24) is 15.4 Å². The Kier molecular flexibility index (Phi) is 5.36. The standard InChI is InChI=1S/C15H25N3O3/c1-10-14(12(3)21-17-10)9-18(4)11(2)15(19)16-8-13-6-5-7-20-13/h11,13H,5-9H2,1-4H3,(H,16,19). The molecule has 2 unspecified atom stereocenters. The molecule has 118 valence electrons. The molecule has 0 aromatic carbocycles. The highest BCUT2D eigenvalue weighted by Gasteiger charge is 2.22. The topological polar surface area (TPSA) is 67.6 Å². The van der Waals surface area contributed by atoms with Crippen LogP contribution in [0.5, 0.6) is 0 Å². The number of aryl methyl sites for hydroxylation is 2. The van der Waals surface area contributed by atoms with Crippen LogP contribution in [-0.2, 0) is 16.1 Å². The number of nitrogens with zero attached hydrogens (tertiary/aromatic N) is 2. The molecule has 0 radical (unpaired) electrons. The Morgan fingerprint density at radius 3 is 2.86 bits per heavy atom. The second-order valence-electron chi connectivity index (χ2n) is 5.77.